The normalized spacial score (nSPS) is 30.6. The van der Waals surface area contributed by atoms with Crippen LogP contribution in [0.25, 0.3) is 0 Å². The Hall–Kier alpha value is -2.04. The third-order valence-corrected chi connectivity index (χ3v) is 7.56. The first-order chi connectivity index (χ1) is 14.2. The lowest BCUT2D eigenvalue weighted by Gasteiger charge is -2.45. The highest BCUT2D eigenvalue weighted by Crippen LogP contribution is 2.63. The summed E-state index contributed by atoms with van der Waals surface area (Å²) in [6, 6.07) is 6.29. The van der Waals surface area contributed by atoms with Crippen LogP contribution >= 0.6 is 0 Å². The molecule has 2 spiro atoms. The molecule has 1 saturated carbocycles. The molecule has 0 saturated heterocycles. The van der Waals surface area contributed by atoms with E-state index >= 15 is 0 Å². The summed E-state index contributed by atoms with van der Waals surface area (Å²) in [5.41, 5.74) is 7.57. The van der Waals surface area contributed by atoms with Crippen LogP contribution in [0, 0.1) is 17.3 Å². The zero-order valence-electron chi connectivity index (χ0n) is 19.2. The molecule has 4 rings (SSSR count). The molecule has 5 nitrogen and oxygen atoms in total. The van der Waals surface area contributed by atoms with Crippen molar-refractivity contribution in [2.75, 3.05) is 6.61 Å². The minimum atomic E-state index is -0.896. The number of benzene rings is 1. The number of nitrogens with two attached hydrogens (primary N) is 1. The molecule has 0 aromatic heterocycles. The summed E-state index contributed by atoms with van der Waals surface area (Å²) in [5.74, 6) is 2.45. The molecule has 30 heavy (non-hydrogen) atoms. The van der Waals surface area contributed by atoms with E-state index < -0.39 is 5.54 Å². The predicted octanol–water partition coefficient (Wildman–Crippen LogP) is 4.62. The van der Waals surface area contributed by atoms with E-state index in [0.29, 0.717) is 18.5 Å². The molecule has 1 aromatic carbocycles. The van der Waals surface area contributed by atoms with Crippen LogP contribution in [0.1, 0.15) is 77.8 Å². The Labute approximate surface area is 181 Å². The fourth-order valence-corrected chi connectivity index (χ4v) is 5.93. The third kappa shape index (κ3) is 3.04. The molecule has 2 aliphatic carbocycles. The first-order valence-corrected chi connectivity index (χ1v) is 11.7. The summed E-state index contributed by atoms with van der Waals surface area (Å²) in [5, 5.41) is 0. The number of nitrogens with zero attached hydrogens (tertiary/aromatic N) is 2. The van der Waals surface area contributed by atoms with Crippen LogP contribution in [0.2, 0.25) is 0 Å². The molecule has 2 N–H and O–H groups in total. The second kappa shape index (κ2) is 7.58. The second-order valence-corrected chi connectivity index (χ2v) is 10.3. The standard InChI is InChI=1S/C25H37N3O2/c1-6-18-9-11-24(12-10-18)14-19-7-8-20(30-15-16(2)3)13-21(19)25(24)22(29)28(17(4)5)23(26)27-25/h7-8,13,16-18H,6,9-12,14-15H2,1-5H3,(H2,26,27). The van der Waals surface area contributed by atoms with Crippen molar-refractivity contribution in [2.24, 2.45) is 28.0 Å². The minimum absolute atomic E-state index is 0.00548. The van der Waals surface area contributed by atoms with Gasteiger partial charge in [0.1, 0.15) is 5.75 Å². The van der Waals surface area contributed by atoms with Crippen LogP contribution in [-0.4, -0.2) is 29.4 Å². The maximum atomic E-state index is 14.0. The monoisotopic (exact) mass is 411 g/mol. The molecule has 0 bridgehead atoms. The van der Waals surface area contributed by atoms with Crippen molar-refractivity contribution >= 4 is 11.9 Å². The highest BCUT2D eigenvalue weighted by Gasteiger charge is 2.66. The Balaban J connectivity index is 1.81. The van der Waals surface area contributed by atoms with Crippen molar-refractivity contribution in [3.8, 4) is 5.75 Å². The molecule has 1 fully saturated rings. The molecule has 5 heteroatoms. The van der Waals surface area contributed by atoms with Crippen molar-refractivity contribution in [3.63, 3.8) is 0 Å². The molecule has 1 unspecified atom stereocenters. The van der Waals surface area contributed by atoms with Crippen molar-refractivity contribution < 1.29 is 9.53 Å². The molecule has 1 atom stereocenters. The second-order valence-electron chi connectivity index (χ2n) is 10.3. The van der Waals surface area contributed by atoms with Gasteiger partial charge < -0.3 is 10.5 Å². The van der Waals surface area contributed by atoms with E-state index in [1.165, 1.54) is 12.0 Å². The Bertz CT molecular complexity index is 852. The Morgan fingerprint density at radius 3 is 2.50 bits per heavy atom. The zero-order valence-corrected chi connectivity index (χ0v) is 19.2. The van der Waals surface area contributed by atoms with Crippen LogP contribution in [0.4, 0.5) is 0 Å². The molecular weight excluding hydrogens is 374 g/mol. The molecule has 1 heterocycles. The average Bonchev–Trinajstić information content (AvgIpc) is 3.13. The number of ether oxygens (including phenoxy) is 1. The Morgan fingerprint density at radius 1 is 1.23 bits per heavy atom. The van der Waals surface area contributed by atoms with Crippen LogP contribution in [0.15, 0.2) is 23.2 Å². The highest BCUT2D eigenvalue weighted by molar-refractivity contribution is 6.08. The molecular formula is C25H37N3O2. The summed E-state index contributed by atoms with van der Waals surface area (Å²) in [7, 11) is 0. The molecule has 1 amide bonds. The van der Waals surface area contributed by atoms with Crippen molar-refractivity contribution in [1.29, 1.82) is 0 Å². The van der Waals surface area contributed by atoms with Gasteiger partial charge in [0, 0.05) is 11.5 Å². The van der Waals surface area contributed by atoms with Crippen molar-refractivity contribution in [1.82, 2.24) is 4.90 Å². The summed E-state index contributed by atoms with van der Waals surface area (Å²) >= 11 is 0. The van der Waals surface area contributed by atoms with Gasteiger partial charge in [0.25, 0.3) is 5.91 Å². The summed E-state index contributed by atoms with van der Waals surface area (Å²) in [6.45, 7) is 11.2. The van der Waals surface area contributed by atoms with Crippen LogP contribution < -0.4 is 10.5 Å². The lowest BCUT2D eigenvalue weighted by Crippen LogP contribution is -2.53. The van der Waals surface area contributed by atoms with E-state index in [1.807, 2.05) is 13.8 Å². The topological polar surface area (TPSA) is 67.9 Å². The van der Waals surface area contributed by atoms with Gasteiger partial charge in [-0.25, -0.2) is 4.99 Å². The van der Waals surface area contributed by atoms with Crippen LogP contribution in [0.5, 0.6) is 5.75 Å². The van der Waals surface area contributed by atoms with Gasteiger partial charge >= 0.3 is 0 Å². The fraction of sp³-hybridized carbons (Fsp3) is 0.680. The maximum Gasteiger partial charge on any atom is 0.262 e. The molecule has 1 aromatic rings. The lowest BCUT2D eigenvalue weighted by molar-refractivity contribution is -0.138. The number of guanidine groups is 1. The number of aliphatic imine (C=N–C) groups is 1. The van der Waals surface area contributed by atoms with Crippen LogP contribution in [0.3, 0.4) is 0 Å². The minimum Gasteiger partial charge on any atom is -0.493 e. The molecule has 0 radical (unpaired) electrons. The van der Waals surface area contributed by atoms with E-state index in [4.69, 9.17) is 15.5 Å². The van der Waals surface area contributed by atoms with Gasteiger partial charge in [-0.15, -0.1) is 0 Å². The number of carbonyl (C=O) groups excluding carboxylic acids is 1. The van der Waals surface area contributed by atoms with Crippen molar-refractivity contribution in [3.05, 3.63) is 29.3 Å². The maximum absolute atomic E-state index is 14.0. The quantitative estimate of drug-likeness (QED) is 0.768. The summed E-state index contributed by atoms with van der Waals surface area (Å²) in [4.78, 5) is 20.8. The van der Waals surface area contributed by atoms with Gasteiger partial charge in [-0.2, -0.15) is 0 Å². The first kappa shape index (κ1) is 21.2. The smallest absolute Gasteiger partial charge is 0.262 e. The van der Waals surface area contributed by atoms with Gasteiger partial charge in [0.05, 0.1) is 6.61 Å². The van der Waals surface area contributed by atoms with E-state index in [2.05, 4.69) is 39.0 Å². The van der Waals surface area contributed by atoms with Gasteiger partial charge in [-0.3, -0.25) is 9.69 Å². The number of hydrogen-bond acceptors (Lipinski definition) is 4. The van der Waals surface area contributed by atoms with Gasteiger partial charge in [0.15, 0.2) is 11.5 Å². The number of rotatable bonds is 5. The summed E-state index contributed by atoms with van der Waals surface area (Å²) < 4.78 is 6.04. The molecule has 164 valence electrons. The zero-order chi connectivity index (χ0) is 21.7. The van der Waals surface area contributed by atoms with Gasteiger partial charge in [-0.1, -0.05) is 33.3 Å². The van der Waals surface area contributed by atoms with E-state index in [9.17, 15) is 4.79 Å². The van der Waals surface area contributed by atoms with E-state index in [0.717, 1.165) is 49.3 Å². The number of amides is 1. The van der Waals surface area contributed by atoms with E-state index in [-0.39, 0.29) is 17.4 Å². The lowest BCUT2D eigenvalue weighted by atomic mass is 9.60. The average molecular weight is 412 g/mol. The van der Waals surface area contributed by atoms with Gasteiger partial charge in [-0.05, 0) is 81.0 Å². The Morgan fingerprint density at radius 2 is 1.93 bits per heavy atom. The third-order valence-electron chi connectivity index (χ3n) is 7.56. The Kier molecular flexibility index (Phi) is 5.36. The largest absolute Gasteiger partial charge is 0.493 e. The number of hydrogen-bond donors (Lipinski definition) is 1. The first-order valence-electron chi connectivity index (χ1n) is 11.7. The van der Waals surface area contributed by atoms with Crippen molar-refractivity contribution in [2.45, 2.75) is 84.7 Å². The fourth-order valence-electron chi connectivity index (χ4n) is 5.93. The molecule has 3 aliphatic rings. The highest BCUT2D eigenvalue weighted by atomic mass is 16.5. The van der Waals surface area contributed by atoms with E-state index in [1.54, 1.807) is 4.90 Å². The van der Waals surface area contributed by atoms with Crippen LogP contribution in [-0.2, 0) is 16.8 Å². The van der Waals surface area contributed by atoms with Gasteiger partial charge in [0.2, 0.25) is 0 Å². The predicted molar refractivity (Wildman–Crippen MR) is 120 cm³/mol. The SMILES string of the molecule is CCC1CCC2(CC1)Cc1ccc(OCC(C)C)cc1C21N=C(N)N(C(C)C)C1=O. The number of carbonyl (C=O) groups is 1. The summed E-state index contributed by atoms with van der Waals surface area (Å²) in [6.07, 6.45) is 6.48. The number of fused-ring (bicyclic) bond motifs is 3. The molecule has 1 aliphatic heterocycles.